The fourth-order valence-electron chi connectivity index (χ4n) is 1.34. The quantitative estimate of drug-likeness (QED) is 0.820. The van der Waals surface area contributed by atoms with E-state index in [1.807, 2.05) is 0 Å². The van der Waals surface area contributed by atoms with Crippen molar-refractivity contribution in [3.8, 4) is 0 Å². The van der Waals surface area contributed by atoms with Gasteiger partial charge in [0, 0.05) is 21.9 Å². The van der Waals surface area contributed by atoms with Crippen LogP contribution in [0.25, 0.3) is 0 Å². The van der Waals surface area contributed by atoms with E-state index in [0.29, 0.717) is 20.7 Å². The monoisotopic (exact) mass is 388 g/mol. The lowest BCUT2D eigenvalue weighted by molar-refractivity contribution is 0.102. The van der Waals surface area contributed by atoms with Crippen LogP contribution in [0.3, 0.4) is 0 Å². The van der Waals surface area contributed by atoms with E-state index in [-0.39, 0.29) is 5.91 Å². The summed E-state index contributed by atoms with van der Waals surface area (Å²) < 4.78 is 1.41. The molecule has 3 nitrogen and oxygen atoms in total. The van der Waals surface area contributed by atoms with Crippen molar-refractivity contribution >= 4 is 55.1 Å². The number of hydrogen-bond acceptors (Lipinski definition) is 2. The first-order valence-corrected chi connectivity index (χ1v) is 6.90. The van der Waals surface area contributed by atoms with Crippen molar-refractivity contribution in [1.82, 2.24) is 4.98 Å². The predicted octanol–water partition coefficient (Wildman–Crippen LogP) is 4.51. The van der Waals surface area contributed by atoms with Crippen LogP contribution in [0.5, 0.6) is 0 Å². The Hall–Kier alpha value is -0.910. The zero-order chi connectivity index (χ0) is 13.1. The van der Waals surface area contributed by atoms with Gasteiger partial charge in [0.1, 0.15) is 0 Å². The van der Waals surface area contributed by atoms with E-state index in [0.717, 1.165) is 4.47 Å². The Morgan fingerprint density at radius 2 is 2.00 bits per heavy atom. The summed E-state index contributed by atoms with van der Waals surface area (Å²) in [5, 5.41) is 3.29. The zero-order valence-electron chi connectivity index (χ0n) is 8.95. The summed E-state index contributed by atoms with van der Waals surface area (Å²) in [7, 11) is 0. The molecule has 0 aliphatic rings. The Bertz CT molecular complexity index is 604. The number of benzene rings is 1. The number of aromatic nitrogens is 1. The first kappa shape index (κ1) is 13.5. The van der Waals surface area contributed by atoms with Crippen molar-refractivity contribution in [2.24, 2.45) is 0 Å². The van der Waals surface area contributed by atoms with Gasteiger partial charge in [-0.1, -0.05) is 11.6 Å². The molecule has 1 aromatic heterocycles. The second-order valence-corrected chi connectivity index (χ2v) is 5.58. The van der Waals surface area contributed by atoms with Crippen LogP contribution in [0.2, 0.25) is 5.02 Å². The van der Waals surface area contributed by atoms with E-state index >= 15 is 0 Å². The van der Waals surface area contributed by atoms with E-state index in [1.165, 1.54) is 0 Å². The van der Waals surface area contributed by atoms with Crippen molar-refractivity contribution in [3.05, 3.63) is 56.2 Å². The average molecular weight is 390 g/mol. The van der Waals surface area contributed by atoms with E-state index in [9.17, 15) is 4.79 Å². The van der Waals surface area contributed by atoms with Crippen LogP contribution < -0.4 is 5.32 Å². The Morgan fingerprint density at radius 3 is 2.72 bits per heavy atom. The van der Waals surface area contributed by atoms with Crippen molar-refractivity contribution in [2.45, 2.75) is 0 Å². The van der Waals surface area contributed by atoms with E-state index in [4.69, 9.17) is 11.6 Å². The van der Waals surface area contributed by atoms with Gasteiger partial charge in [-0.2, -0.15) is 0 Å². The van der Waals surface area contributed by atoms with Crippen molar-refractivity contribution in [2.75, 3.05) is 5.32 Å². The second kappa shape index (κ2) is 5.82. The second-order valence-electron chi connectivity index (χ2n) is 3.43. The minimum absolute atomic E-state index is 0.240. The third kappa shape index (κ3) is 3.10. The maximum atomic E-state index is 12.1. The number of carbonyl (C=O) groups excluding carboxylic acids is 1. The van der Waals surface area contributed by atoms with E-state index in [2.05, 4.69) is 42.2 Å². The molecule has 1 aromatic carbocycles. The van der Waals surface area contributed by atoms with Crippen LogP contribution in [0.4, 0.5) is 5.69 Å². The van der Waals surface area contributed by atoms with Gasteiger partial charge in [0.15, 0.2) is 0 Å². The summed E-state index contributed by atoms with van der Waals surface area (Å²) in [6, 6.07) is 6.76. The number of nitrogens with one attached hydrogen (secondary N) is 1. The number of hydrogen-bond donors (Lipinski definition) is 1. The zero-order valence-corrected chi connectivity index (χ0v) is 12.9. The molecular formula is C12H7Br2ClN2O. The summed E-state index contributed by atoms with van der Waals surface area (Å²) in [6.07, 6.45) is 3.22. The van der Waals surface area contributed by atoms with Gasteiger partial charge in [-0.15, -0.1) is 0 Å². The SMILES string of the molecule is O=C(Nc1ccncc1Br)c1cc(Cl)ccc1Br. The van der Waals surface area contributed by atoms with Crippen LogP contribution in [0, 0.1) is 0 Å². The molecule has 2 aromatic rings. The van der Waals surface area contributed by atoms with Crippen LogP contribution in [-0.4, -0.2) is 10.9 Å². The van der Waals surface area contributed by atoms with Crippen molar-refractivity contribution in [3.63, 3.8) is 0 Å². The van der Waals surface area contributed by atoms with Crippen LogP contribution >= 0.6 is 43.5 Å². The number of anilines is 1. The number of nitrogens with zero attached hydrogens (tertiary/aromatic N) is 1. The van der Waals surface area contributed by atoms with Crippen LogP contribution in [-0.2, 0) is 0 Å². The Labute approximate surface area is 126 Å². The van der Waals surface area contributed by atoms with E-state index in [1.54, 1.807) is 36.7 Å². The number of rotatable bonds is 2. The van der Waals surface area contributed by atoms with E-state index < -0.39 is 0 Å². The molecule has 18 heavy (non-hydrogen) atoms. The third-order valence-electron chi connectivity index (χ3n) is 2.19. The number of amides is 1. The molecule has 1 N–H and O–H groups in total. The van der Waals surface area contributed by atoms with Crippen LogP contribution in [0.15, 0.2) is 45.6 Å². The molecule has 0 unspecified atom stereocenters. The standard InChI is InChI=1S/C12H7Br2ClN2O/c13-9-2-1-7(15)5-8(9)12(18)17-11-3-4-16-6-10(11)14/h1-6H,(H,16,17,18). The summed E-state index contributed by atoms with van der Waals surface area (Å²) in [6.45, 7) is 0. The smallest absolute Gasteiger partial charge is 0.256 e. The van der Waals surface area contributed by atoms with Gasteiger partial charge >= 0.3 is 0 Å². The minimum atomic E-state index is -0.240. The number of carbonyl (C=O) groups is 1. The van der Waals surface area contributed by atoms with Crippen molar-refractivity contribution in [1.29, 1.82) is 0 Å². The molecule has 0 fully saturated rings. The predicted molar refractivity (Wildman–Crippen MR) is 79.0 cm³/mol. The molecule has 0 aliphatic heterocycles. The normalized spacial score (nSPS) is 10.2. The van der Waals surface area contributed by atoms with Gasteiger partial charge in [-0.25, -0.2) is 0 Å². The molecule has 6 heteroatoms. The number of halogens is 3. The Kier molecular flexibility index (Phi) is 4.37. The molecule has 0 spiro atoms. The van der Waals surface area contributed by atoms with Gasteiger partial charge in [0.05, 0.1) is 15.7 Å². The average Bonchev–Trinajstić information content (AvgIpc) is 2.35. The molecule has 0 bridgehead atoms. The molecule has 1 amide bonds. The number of pyridine rings is 1. The fourth-order valence-corrected chi connectivity index (χ4v) is 2.29. The maximum absolute atomic E-state index is 12.1. The lowest BCUT2D eigenvalue weighted by Crippen LogP contribution is -2.13. The lowest BCUT2D eigenvalue weighted by Gasteiger charge is -2.08. The van der Waals surface area contributed by atoms with Gasteiger partial charge in [0.25, 0.3) is 5.91 Å². The molecule has 92 valence electrons. The highest BCUT2D eigenvalue weighted by atomic mass is 79.9. The highest BCUT2D eigenvalue weighted by molar-refractivity contribution is 9.11. The molecule has 0 atom stereocenters. The lowest BCUT2D eigenvalue weighted by atomic mass is 10.2. The van der Waals surface area contributed by atoms with Gasteiger partial charge in [-0.3, -0.25) is 9.78 Å². The highest BCUT2D eigenvalue weighted by Gasteiger charge is 2.12. The maximum Gasteiger partial charge on any atom is 0.256 e. The molecule has 2 rings (SSSR count). The molecule has 1 heterocycles. The third-order valence-corrected chi connectivity index (χ3v) is 3.75. The molecule has 0 saturated heterocycles. The first-order chi connectivity index (χ1) is 8.58. The Morgan fingerprint density at radius 1 is 1.22 bits per heavy atom. The summed E-state index contributed by atoms with van der Waals surface area (Å²) >= 11 is 12.5. The van der Waals surface area contributed by atoms with Gasteiger partial charge < -0.3 is 5.32 Å². The molecular weight excluding hydrogens is 383 g/mol. The van der Waals surface area contributed by atoms with Crippen LogP contribution in [0.1, 0.15) is 10.4 Å². The van der Waals surface area contributed by atoms with Gasteiger partial charge in [0.2, 0.25) is 0 Å². The Balaban J connectivity index is 2.28. The highest BCUT2D eigenvalue weighted by Crippen LogP contribution is 2.24. The molecule has 0 saturated carbocycles. The topological polar surface area (TPSA) is 42.0 Å². The summed E-state index contributed by atoms with van der Waals surface area (Å²) in [5.41, 5.74) is 1.13. The molecule has 0 aliphatic carbocycles. The first-order valence-electron chi connectivity index (χ1n) is 4.94. The minimum Gasteiger partial charge on any atom is -0.321 e. The summed E-state index contributed by atoms with van der Waals surface area (Å²) in [5.74, 6) is -0.240. The largest absolute Gasteiger partial charge is 0.321 e. The van der Waals surface area contributed by atoms with Crippen molar-refractivity contribution < 1.29 is 4.79 Å². The fraction of sp³-hybridized carbons (Fsp3) is 0. The summed E-state index contributed by atoms with van der Waals surface area (Å²) in [4.78, 5) is 16.0. The van der Waals surface area contributed by atoms with Gasteiger partial charge in [-0.05, 0) is 56.1 Å². The molecule has 0 radical (unpaired) electrons.